The molecule has 1 N–H and O–H groups in total. The summed E-state index contributed by atoms with van der Waals surface area (Å²) >= 11 is 0. The molecule has 0 bridgehead atoms. The molecule has 1 aliphatic rings. The summed E-state index contributed by atoms with van der Waals surface area (Å²) in [5, 5.41) is 13.9. The van der Waals surface area contributed by atoms with E-state index in [1.165, 1.54) is 12.8 Å². The second-order valence-corrected chi connectivity index (χ2v) is 4.34. The fourth-order valence-electron chi connectivity index (χ4n) is 1.63. The maximum atomic E-state index is 10.9. The number of ether oxygens (including phenoxy) is 1. The molecule has 0 amide bonds. The molecule has 0 aromatic heterocycles. The predicted octanol–water partition coefficient (Wildman–Crippen LogP) is 2.10. The van der Waals surface area contributed by atoms with Gasteiger partial charge in [0.25, 0.3) is 0 Å². The quantitative estimate of drug-likeness (QED) is 0.607. The summed E-state index contributed by atoms with van der Waals surface area (Å²) in [4.78, 5) is 10.6. The topological polar surface area (TPSA) is 64.4 Å². The van der Waals surface area contributed by atoms with Crippen LogP contribution >= 0.6 is 0 Å². The maximum Gasteiger partial charge on any atom is 0.311 e. The number of rotatable bonds is 6. The molecule has 1 aromatic rings. The highest BCUT2D eigenvalue weighted by Gasteiger charge is 2.24. The standard InChI is InChI=1S/C12H16N2O3/c1-13-7-10-4-5-12(11(6-10)14(15)16)17-8-9-2-3-9/h4-6,9,13H,2-3,7-8H2,1H3. The Kier molecular flexibility index (Phi) is 3.58. The number of hydrogen-bond acceptors (Lipinski definition) is 4. The van der Waals surface area contributed by atoms with Crippen molar-refractivity contribution in [2.24, 2.45) is 5.92 Å². The molecule has 1 aliphatic carbocycles. The maximum absolute atomic E-state index is 10.9. The van der Waals surface area contributed by atoms with Crippen LogP contribution in [0.1, 0.15) is 18.4 Å². The lowest BCUT2D eigenvalue weighted by Crippen LogP contribution is -2.07. The van der Waals surface area contributed by atoms with Crippen molar-refractivity contribution in [2.45, 2.75) is 19.4 Å². The number of benzene rings is 1. The van der Waals surface area contributed by atoms with E-state index in [0.29, 0.717) is 24.8 Å². The van der Waals surface area contributed by atoms with Gasteiger partial charge in [-0.1, -0.05) is 6.07 Å². The molecule has 92 valence electrons. The first-order valence-electron chi connectivity index (χ1n) is 5.75. The van der Waals surface area contributed by atoms with E-state index in [-0.39, 0.29) is 10.6 Å². The van der Waals surface area contributed by atoms with Gasteiger partial charge >= 0.3 is 5.69 Å². The van der Waals surface area contributed by atoms with Gasteiger partial charge in [-0.2, -0.15) is 0 Å². The van der Waals surface area contributed by atoms with Gasteiger partial charge in [0.05, 0.1) is 11.5 Å². The lowest BCUT2D eigenvalue weighted by molar-refractivity contribution is -0.385. The van der Waals surface area contributed by atoms with Crippen molar-refractivity contribution in [1.82, 2.24) is 5.32 Å². The van der Waals surface area contributed by atoms with Gasteiger partial charge in [-0.3, -0.25) is 10.1 Å². The molecule has 5 heteroatoms. The average Bonchev–Trinajstić information content (AvgIpc) is 3.11. The molecule has 0 saturated heterocycles. The number of nitrogens with one attached hydrogen (secondary N) is 1. The van der Waals surface area contributed by atoms with Crippen LogP contribution in [0.4, 0.5) is 5.69 Å². The molecule has 0 aliphatic heterocycles. The lowest BCUT2D eigenvalue weighted by atomic mass is 10.2. The minimum absolute atomic E-state index is 0.0541. The highest BCUT2D eigenvalue weighted by Crippen LogP contribution is 2.33. The summed E-state index contributed by atoms with van der Waals surface area (Å²) in [5.74, 6) is 0.966. The second kappa shape index (κ2) is 5.14. The number of hydrogen-bond donors (Lipinski definition) is 1. The van der Waals surface area contributed by atoms with Crippen LogP contribution in [0.25, 0.3) is 0 Å². The highest BCUT2D eigenvalue weighted by atomic mass is 16.6. The van der Waals surface area contributed by atoms with Crippen LogP contribution in [0.5, 0.6) is 5.75 Å². The molecule has 2 rings (SSSR count). The average molecular weight is 236 g/mol. The monoisotopic (exact) mass is 236 g/mol. The van der Waals surface area contributed by atoms with Crippen molar-refractivity contribution < 1.29 is 9.66 Å². The van der Waals surface area contributed by atoms with E-state index in [1.807, 2.05) is 13.1 Å². The van der Waals surface area contributed by atoms with Crippen LogP contribution in [0.3, 0.4) is 0 Å². The Morgan fingerprint density at radius 3 is 2.88 bits per heavy atom. The van der Waals surface area contributed by atoms with E-state index in [2.05, 4.69) is 5.32 Å². The van der Waals surface area contributed by atoms with E-state index >= 15 is 0 Å². The Labute approximate surface area is 99.9 Å². The van der Waals surface area contributed by atoms with Gasteiger partial charge in [-0.05, 0) is 37.4 Å². The van der Waals surface area contributed by atoms with E-state index < -0.39 is 0 Å². The Hall–Kier alpha value is -1.62. The molecule has 1 aromatic carbocycles. The molecule has 17 heavy (non-hydrogen) atoms. The van der Waals surface area contributed by atoms with Crippen molar-refractivity contribution in [1.29, 1.82) is 0 Å². The first-order valence-corrected chi connectivity index (χ1v) is 5.75. The minimum atomic E-state index is -0.388. The second-order valence-electron chi connectivity index (χ2n) is 4.34. The van der Waals surface area contributed by atoms with Gasteiger partial charge < -0.3 is 10.1 Å². The SMILES string of the molecule is CNCc1ccc(OCC2CC2)c([N+](=O)[O-])c1. The van der Waals surface area contributed by atoms with E-state index in [0.717, 1.165) is 5.56 Å². The van der Waals surface area contributed by atoms with E-state index in [4.69, 9.17) is 4.74 Å². The zero-order valence-corrected chi connectivity index (χ0v) is 9.81. The highest BCUT2D eigenvalue weighted by molar-refractivity contribution is 5.48. The lowest BCUT2D eigenvalue weighted by Gasteiger charge is -2.07. The van der Waals surface area contributed by atoms with Crippen molar-refractivity contribution in [3.05, 3.63) is 33.9 Å². The van der Waals surface area contributed by atoms with E-state index in [9.17, 15) is 10.1 Å². The summed E-state index contributed by atoms with van der Waals surface area (Å²) in [6, 6.07) is 5.11. The summed E-state index contributed by atoms with van der Waals surface area (Å²) in [5.41, 5.74) is 0.941. The molecule has 0 atom stereocenters. The Balaban J connectivity index is 2.14. The summed E-state index contributed by atoms with van der Waals surface area (Å²) in [7, 11) is 1.81. The van der Waals surface area contributed by atoms with Gasteiger partial charge in [-0.25, -0.2) is 0 Å². The number of nitrogens with zero attached hydrogens (tertiary/aromatic N) is 1. The predicted molar refractivity (Wildman–Crippen MR) is 64.1 cm³/mol. The van der Waals surface area contributed by atoms with Crippen LogP contribution in [0.2, 0.25) is 0 Å². The van der Waals surface area contributed by atoms with Crippen LogP contribution < -0.4 is 10.1 Å². The van der Waals surface area contributed by atoms with Crippen LogP contribution in [-0.4, -0.2) is 18.6 Å². The van der Waals surface area contributed by atoms with Gasteiger partial charge in [0, 0.05) is 12.6 Å². The fourth-order valence-corrected chi connectivity index (χ4v) is 1.63. The molecule has 0 radical (unpaired) electrons. The largest absolute Gasteiger partial charge is 0.487 e. The Bertz CT molecular complexity index is 416. The first kappa shape index (κ1) is 11.9. The Morgan fingerprint density at radius 1 is 1.53 bits per heavy atom. The third kappa shape index (κ3) is 3.17. The van der Waals surface area contributed by atoms with Crippen molar-refractivity contribution in [3.8, 4) is 5.75 Å². The van der Waals surface area contributed by atoms with Gasteiger partial charge in [0.15, 0.2) is 5.75 Å². The van der Waals surface area contributed by atoms with Crippen molar-refractivity contribution in [2.75, 3.05) is 13.7 Å². The number of nitro groups is 1. The molecule has 1 fully saturated rings. The third-order valence-corrected chi connectivity index (χ3v) is 2.77. The van der Waals surface area contributed by atoms with Gasteiger partial charge in [0.2, 0.25) is 0 Å². The van der Waals surface area contributed by atoms with Crippen LogP contribution in [0, 0.1) is 16.0 Å². The Morgan fingerprint density at radius 2 is 2.29 bits per heavy atom. The van der Waals surface area contributed by atoms with Crippen LogP contribution in [-0.2, 0) is 6.54 Å². The smallest absolute Gasteiger partial charge is 0.311 e. The molecule has 1 saturated carbocycles. The fraction of sp³-hybridized carbons (Fsp3) is 0.500. The zero-order valence-electron chi connectivity index (χ0n) is 9.81. The van der Waals surface area contributed by atoms with E-state index in [1.54, 1.807) is 12.1 Å². The van der Waals surface area contributed by atoms with Gasteiger partial charge in [0.1, 0.15) is 0 Å². The molecular weight excluding hydrogens is 220 g/mol. The molecule has 0 unspecified atom stereocenters. The first-order chi connectivity index (χ1) is 8.20. The van der Waals surface area contributed by atoms with Gasteiger partial charge in [-0.15, -0.1) is 0 Å². The normalized spacial score (nSPS) is 14.6. The molecule has 0 heterocycles. The van der Waals surface area contributed by atoms with Crippen LogP contribution in [0.15, 0.2) is 18.2 Å². The summed E-state index contributed by atoms with van der Waals surface area (Å²) in [6.07, 6.45) is 2.34. The summed E-state index contributed by atoms with van der Waals surface area (Å²) < 4.78 is 5.49. The van der Waals surface area contributed by atoms with Crippen molar-refractivity contribution >= 4 is 5.69 Å². The number of nitro benzene ring substituents is 1. The molecular formula is C12H16N2O3. The zero-order chi connectivity index (χ0) is 12.3. The molecule has 0 spiro atoms. The minimum Gasteiger partial charge on any atom is -0.487 e. The summed E-state index contributed by atoms with van der Waals surface area (Å²) in [6.45, 7) is 1.20. The van der Waals surface area contributed by atoms with Crippen molar-refractivity contribution in [3.63, 3.8) is 0 Å². The molecule has 5 nitrogen and oxygen atoms in total. The third-order valence-electron chi connectivity index (χ3n) is 2.77.